The van der Waals surface area contributed by atoms with Gasteiger partial charge in [-0.15, -0.1) is 0 Å². The molecule has 164 valence electrons. The fourth-order valence-corrected chi connectivity index (χ4v) is 3.66. The van der Waals surface area contributed by atoms with Crippen molar-refractivity contribution in [2.75, 3.05) is 21.3 Å². The standard InChI is InChI=1S/C22H25N3O6/c1-29-17-10-9-16(18(11-17)30-2)14-25-19(13-23-31-3)22(20(25)26,24-21(27)28)12-15-7-5-4-6-8-15/h4-11,13,23-24H,12,14H2,1-3H3,(H,27,28)/t22-/m0/s1. The lowest BCUT2D eigenvalue weighted by atomic mass is 9.78. The number of hydroxylamine groups is 1. The number of likely N-dealkylation sites (tertiary alicyclic amines) is 1. The summed E-state index contributed by atoms with van der Waals surface area (Å²) in [4.78, 5) is 31.4. The van der Waals surface area contributed by atoms with Crippen molar-refractivity contribution in [3.8, 4) is 11.5 Å². The van der Waals surface area contributed by atoms with Crippen molar-refractivity contribution >= 4 is 12.0 Å². The Labute approximate surface area is 180 Å². The monoisotopic (exact) mass is 427 g/mol. The van der Waals surface area contributed by atoms with Gasteiger partial charge in [0.05, 0.1) is 33.6 Å². The first-order valence-corrected chi connectivity index (χ1v) is 9.52. The fraction of sp³-hybridized carbons (Fsp3) is 0.273. The second kappa shape index (κ2) is 9.40. The molecule has 9 nitrogen and oxygen atoms in total. The third-order valence-corrected chi connectivity index (χ3v) is 5.11. The van der Waals surface area contributed by atoms with Crippen LogP contribution in [-0.2, 0) is 22.6 Å². The number of hydrogen-bond donors (Lipinski definition) is 3. The van der Waals surface area contributed by atoms with Gasteiger partial charge in [0.25, 0.3) is 5.91 Å². The normalized spacial score (nSPS) is 19.0. The van der Waals surface area contributed by atoms with E-state index in [1.54, 1.807) is 25.3 Å². The van der Waals surface area contributed by atoms with Crippen molar-refractivity contribution in [1.82, 2.24) is 15.7 Å². The molecular formula is C22H25N3O6. The molecule has 1 saturated heterocycles. The maximum absolute atomic E-state index is 13.3. The van der Waals surface area contributed by atoms with Gasteiger partial charge in [-0.05, 0) is 17.7 Å². The molecule has 31 heavy (non-hydrogen) atoms. The van der Waals surface area contributed by atoms with E-state index in [9.17, 15) is 14.7 Å². The zero-order chi connectivity index (χ0) is 22.4. The van der Waals surface area contributed by atoms with E-state index >= 15 is 0 Å². The van der Waals surface area contributed by atoms with Gasteiger partial charge in [0.15, 0.2) is 5.54 Å². The summed E-state index contributed by atoms with van der Waals surface area (Å²) < 4.78 is 10.7. The predicted octanol–water partition coefficient (Wildman–Crippen LogP) is 2.29. The molecule has 1 atom stereocenters. The third kappa shape index (κ3) is 4.41. The molecule has 9 heteroatoms. The van der Waals surface area contributed by atoms with Gasteiger partial charge in [-0.25, -0.2) is 4.79 Å². The summed E-state index contributed by atoms with van der Waals surface area (Å²) in [7, 11) is 4.52. The molecule has 1 heterocycles. The van der Waals surface area contributed by atoms with Crippen molar-refractivity contribution in [3.05, 3.63) is 71.6 Å². The molecule has 0 unspecified atom stereocenters. The number of carbonyl (C=O) groups excluding carboxylic acids is 1. The van der Waals surface area contributed by atoms with Gasteiger partial charge in [0.2, 0.25) is 0 Å². The van der Waals surface area contributed by atoms with Gasteiger partial charge in [0.1, 0.15) is 11.5 Å². The van der Waals surface area contributed by atoms with Crippen LogP contribution in [0.15, 0.2) is 60.4 Å². The molecule has 1 fully saturated rings. The summed E-state index contributed by atoms with van der Waals surface area (Å²) in [5.74, 6) is 0.803. The number of amides is 2. The van der Waals surface area contributed by atoms with Crippen LogP contribution in [0.1, 0.15) is 11.1 Å². The molecule has 1 aliphatic rings. The molecule has 0 bridgehead atoms. The number of benzene rings is 2. The summed E-state index contributed by atoms with van der Waals surface area (Å²) in [6, 6.07) is 14.5. The fourth-order valence-electron chi connectivity index (χ4n) is 3.66. The van der Waals surface area contributed by atoms with E-state index in [1.165, 1.54) is 25.3 Å². The number of nitrogens with zero attached hydrogens (tertiary/aromatic N) is 1. The molecular weight excluding hydrogens is 402 g/mol. The second-order valence-electron chi connectivity index (χ2n) is 6.92. The maximum atomic E-state index is 13.3. The highest BCUT2D eigenvalue weighted by Gasteiger charge is 2.58. The van der Waals surface area contributed by atoms with Crippen LogP contribution in [0.2, 0.25) is 0 Å². The van der Waals surface area contributed by atoms with Gasteiger partial charge in [0, 0.05) is 24.3 Å². The van der Waals surface area contributed by atoms with Crippen LogP contribution >= 0.6 is 0 Å². The molecule has 2 aromatic carbocycles. The number of hydrogen-bond acceptors (Lipinski definition) is 6. The molecule has 0 spiro atoms. The second-order valence-corrected chi connectivity index (χ2v) is 6.92. The average Bonchev–Trinajstić information content (AvgIpc) is 2.78. The Hall–Kier alpha value is -3.72. The summed E-state index contributed by atoms with van der Waals surface area (Å²) in [5, 5.41) is 11.9. The Bertz CT molecular complexity index is 978. The van der Waals surface area contributed by atoms with E-state index in [0.29, 0.717) is 17.2 Å². The van der Waals surface area contributed by atoms with Crippen LogP contribution in [0, 0.1) is 0 Å². The van der Waals surface area contributed by atoms with Crippen molar-refractivity contribution in [2.45, 2.75) is 18.5 Å². The third-order valence-electron chi connectivity index (χ3n) is 5.11. The Kier molecular flexibility index (Phi) is 6.66. The molecule has 1 aliphatic heterocycles. The largest absolute Gasteiger partial charge is 0.497 e. The van der Waals surface area contributed by atoms with Crippen molar-refractivity contribution < 1.29 is 29.0 Å². The van der Waals surface area contributed by atoms with E-state index in [4.69, 9.17) is 14.3 Å². The number of nitrogens with one attached hydrogen (secondary N) is 2. The lowest BCUT2D eigenvalue weighted by Crippen LogP contribution is -2.73. The molecule has 2 aromatic rings. The van der Waals surface area contributed by atoms with Crippen LogP contribution < -0.4 is 20.3 Å². The number of methoxy groups -OCH3 is 2. The van der Waals surface area contributed by atoms with Crippen molar-refractivity contribution in [3.63, 3.8) is 0 Å². The zero-order valence-corrected chi connectivity index (χ0v) is 17.5. The smallest absolute Gasteiger partial charge is 0.405 e. The van der Waals surface area contributed by atoms with Crippen LogP contribution in [-0.4, -0.2) is 48.9 Å². The molecule has 2 amide bonds. The van der Waals surface area contributed by atoms with Crippen molar-refractivity contribution in [1.29, 1.82) is 0 Å². The minimum absolute atomic E-state index is 0.159. The van der Waals surface area contributed by atoms with E-state index in [1.807, 2.05) is 30.3 Å². The SMILES string of the molecule is CONC=C1N(Cc2ccc(OC)cc2OC)C(=O)[C@@]1(Cc1ccccc1)NC(=O)O. The lowest BCUT2D eigenvalue weighted by molar-refractivity contribution is -0.146. The average molecular weight is 427 g/mol. The highest BCUT2D eigenvalue weighted by atomic mass is 16.6. The molecule has 0 saturated carbocycles. The number of carboxylic acid groups (broad SMARTS) is 1. The Morgan fingerprint density at radius 2 is 1.87 bits per heavy atom. The number of ether oxygens (including phenoxy) is 2. The first-order valence-electron chi connectivity index (χ1n) is 9.52. The van der Waals surface area contributed by atoms with E-state index in [0.717, 1.165) is 11.1 Å². The van der Waals surface area contributed by atoms with Crippen LogP contribution in [0.25, 0.3) is 0 Å². The summed E-state index contributed by atoms with van der Waals surface area (Å²) in [6.45, 7) is 0.182. The highest BCUT2D eigenvalue weighted by molar-refractivity contribution is 6.02. The number of carbonyl (C=O) groups is 2. The van der Waals surface area contributed by atoms with Crippen LogP contribution in [0.5, 0.6) is 11.5 Å². The summed E-state index contributed by atoms with van der Waals surface area (Å²) in [6.07, 6.45) is 0.345. The molecule has 3 N–H and O–H groups in total. The zero-order valence-electron chi connectivity index (χ0n) is 17.5. The molecule has 0 radical (unpaired) electrons. The highest BCUT2D eigenvalue weighted by Crippen LogP contribution is 2.40. The van der Waals surface area contributed by atoms with Crippen LogP contribution in [0.4, 0.5) is 4.79 Å². The molecule has 3 rings (SSSR count). The molecule has 0 aliphatic carbocycles. The minimum Gasteiger partial charge on any atom is -0.497 e. The first kappa shape index (κ1) is 22.0. The minimum atomic E-state index is -1.45. The van der Waals surface area contributed by atoms with Crippen molar-refractivity contribution in [2.24, 2.45) is 0 Å². The van der Waals surface area contributed by atoms with Crippen LogP contribution in [0.3, 0.4) is 0 Å². The topological polar surface area (TPSA) is 109 Å². The van der Waals surface area contributed by atoms with Gasteiger partial charge < -0.3 is 24.8 Å². The first-order chi connectivity index (χ1) is 14.9. The van der Waals surface area contributed by atoms with Gasteiger partial charge in [-0.2, -0.15) is 0 Å². The van der Waals surface area contributed by atoms with Gasteiger partial charge in [-0.1, -0.05) is 30.3 Å². The van der Waals surface area contributed by atoms with Gasteiger partial charge >= 0.3 is 6.09 Å². The quantitative estimate of drug-likeness (QED) is 0.416. The van der Waals surface area contributed by atoms with E-state index in [2.05, 4.69) is 10.8 Å². The lowest BCUT2D eigenvalue weighted by Gasteiger charge is -2.50. The Balaban J connectivity index is 1.97. The maximum Gasteiger partial charge on any atom is 0.405 e. The number of rotatable bonds is 9. The van der Waals surface area contributed by atoms with Gasteiger partial charge in [-0.3, -0.25) is 15.1 Å². The summed E-state index contributed by atoms with van der Waals surface area (Å²) >= 11 is 0. The number of β-lactam (4-membered cyclic amide) rings is 1. The summed E-state index contributed by atoms with van der Waals surface area (Å²) in [5.41, 5.74) is 3.15. The predicted molar refractivity (Wildman–Crippen MR) is 112 cm³/mol. The van der Waals surface area contributed by atoms with E-state index < -0.39 is 11.6 Å². The molecule has 0 aromatic heterocycles. The van der Waals surface area contributed by atoms with E-state index in [-0.39, 0.29) is 18.9 Å². The Morgan fingerprint density at radius 3 is 2.48 bits per heavy atom. The Morgan fingerprint density at radius 1 is 1.13 bits per heavy atom.